The molecule has 36 heavy (non-hydrogen) atoms. The van der Waals surface area contributed by atoms with Gasteiger partial charge in [0.15, 0.2) is 5.82 Å². The van der Waals surface area contributed by atoms with E-state index in [2.05, 4.69) is 37.1 Å². The number of thiophene rings is 1. The molecule has 2 aromatic carbocycles. The van der Waals surface area contributed by atoms with E-state index in [1.54, 1.807) is 11.3 Å². The molecule has 7 nitrogen and oxygen atoms in total. The van der Waals surface area contributed by atoms with Crippen LogP contribution < -0.4 is 10.2 Å². The van der Waals surface area contributed by atoms with Crippen LogP contribution in [0.4, 0.5) is 10.7 Å². The van der Waals surface area contributed by atoms with E-state index in [4.69, 9.17) is 4.74 Å². The van der Waals surface area contributed by atoms with Crippen LogP contribution in [0.15, 0.2) is 60.7 Å². The summed E-state index contributed by atoms with van der Waals surface area (Å²) in [4.78, 5) is 16.4. The first-order valence-corrected chi connectivity index (χ1v) is 13.4. The summed E-state index contributed by atoms with van der Waals surface area (Å²) in [6.07, 6.45) is 4.49. The van der Waals surface area contributed by atoms with Crippen molar-refractivity contribution in [1.29, 1.82) is 0 Å². The molecule has 4 heterocycles. The molecule has 1 saturated heterocycles. The maximum absolute atomic E-state index is 13.4. The number of hydrogen-bond acceptors (Lipinski definition) is 6. The van der Waals surface area contributed by atoms with Crippen molar-refractivity contribution >= 4 is 27.9 Å². The molecule has 0 spiro atoms. The molecule has 2 aliphatic heterocycles. The Morgan fingerprint density at radius 2 is 1.72 bits per heavy atom. The Labute approximate surface area is 214 Å². The van der Waals surface area contributed by atoms with E-state index < -0.39 is 0 Å². The lowest BCUT2D eigenvalue weighted by atomic mass is 10.1. The highest BCUT2D eigenvalue weighted by atomic mass is 32.1. The van der Waals surface area contributed by atoms with Gasteiger partial charge in [0.2, 0.25) is 0 Å². The normalized spacial score (nSPS) is 15.8. The number of rotatable bonds is 5. The van der Waals surface area contributed by atoms with Crippen molar-refractivity contribution in [3.63, 3.8) is 0 Å². The van der Waals surface area contributed by atoms with E-state index in [0.717, 1.165) is 77.9 Å². The van der Waals surface area contributed by atoms with Crippen LogP contribution in [0.5, 0.6) is 0 Å². The molecule has 0 radical (unpaired) electrons. The largest absolute Gasteiger partial charge is 0.378 e. The van der Waals surface area contributed by atoms with E-state index in [9.17, 15) is 4.79 Å². The molecule has 0 atom stereocenters. The summed E-state index contributed by atoms with van der Waals surface area (Å²) in [5.41, 5.74) is 3.93. The summed E-state index contributed by atoms with van der Waals surface area (Å²) >= 11 is 1.54. The quantitative estimate of drug-likeness (QED) is 0.393. The van der Waals surface area contributed by atoms with E-state index >= 15 is 0 Å². The van der Waals surface area contributed by atoms with Crippen LogP contribution in [0.2, 0.25) is 0 Å². The number of nitrogens with zero attached hydrogens (tertiary/aromatic N) is 4. The zero-order valence-corrected chi connectivity index (χ0v) is 21.0. The SMILES string of the molecule is O=C(Nc1cccc(-c2nnc3n2CCCCC3)c1)c1cc(-c2ccccc2)c(N2CCOCC2)s1. The van der Waals surface area contributed by atoms with Crippen LogP contribution in [0.25, 0.3) is 22.5 Å². The number of nitrogens with one attached hydrogen (secondary N) is 1. The fourth-order valence-electron chi connectivity index (χ4n) is 4.95. The second kappa shape index (κ2) is 10.2. The van der Waals surface area contributed by atoms with Crippen molar-refractivity contribution in [3.05, 3.63) is 71.4 Å². The minimum absolute atomic E-state index is 0.103. The van der Waals surface area contributed by atoms with E-state index in [1.807, 2.05) is 48.5 Å². The van der Waals surface area contributed by atoms with E-state index in [1.165, 1.54) is 6.42 Å². The Kier molecular flexibility index (Phi) is 6.53. The Balaban J connectivity index is 1.27. The second-order valence-electron chi connectivity index (χ2n) is 9.23. The van der Waals surface area contributed by atoms with Gasteiger partial charge in [0.25, 0.3) is 5.91 Å². The molecule has 1 N–H and O–H groups in total. The smallest absolute Gasteiger partial charge is 0.265 e. The highest BCUT2D eigenvalue weighted by Gasteiger charge is 2.22. The van der Waals surface area contributed by atoms with E-state index in [0.29, 0.717) is 18.1 Å². The van der Waals surface area contributed by atoms with Gasteiger partial charge in [-0.15, -0.1) is 21.5 Å². The average Bonchev–Trinajstić information content (AvgIpc) is 3.48. The zero-order valence-electron chi connectivity index (χ0n) is 20.2. The van der Waals surface area contributed by atoms with Crippen molar-refractivity contribution < 1.29 is 9.53 Å². The van der Waals surface area contributed by atoms with Crippen molar-refractivity contribution in [1.82, 2.24) is 14.8 Å². The van der Waals surface area contributed by atoms with Gasteiger partial charge in [-0.25, -0.2) is 0 Å². The monoisotopic (exact) mass is 499 g/mol. The lowest BCUT2D eigenvalue weighted by Gasteiger charge is -2.28. The Morgan fingerprint density at radius 3 is 2.58 bits per heavy atom. The fraction of sp³-hybridized carbons (Fsp3) is 0.321. The number of hydrogen-bond donors (Lipinski definition) is 1. The summed E-state index contributed by atoms with van der Waals surface area (Å²) in [7, 11) is 0. The third-order valence-corrected chi connectivity index (χ3v) is 8.00. The van der Waals surface area contributed by atoms with Gasteiger partial charge in [0, 0.05) is 42.9 Å². The summed E-state index contributed by atoms with van der Waals surface area (Å²) in [6.45, 7) is 3.99. The van der Waals surface area contributed by atoms with Crippen LogP contribution in [0.3, 0.4) is 0 Å². The Hall–Kier alpha value is -3.49. The first-order chi connectivity index (χ1) is 17.8. The zero-order chi connectivity index (χ0) is 24.3. The Morgan fingerprint density at radius 1 is 0.889 bits per heavy atom. The van der Waals surface area contributed by atoms with Gasteiger partial charge in [0.1, 0.15) is 5.82 Å². The number of aromatic nitrogens is 3. The van der Waals surface area contributed by atoms with Gasteiger partial charge < -0.3 is 19.5 Å². The maximum atomic E-state index is 13.4. The molecule has 2 aromatic heterocycles. The summed E-state index contributed by atoms with van der Waals surface area (Å²) in [6, 6.07) is 20.2. The average molecular weight is 500 g/mol. The molecule has 8 heteroatoms. The van der Waals surface area contributed by atoms with Crippen LogP contribution in [-0.4, -0.2) is 47.0 Å². The number of amides is 1. The maximum Gasteiger partial charge on any atom is 0.265 e. The van der Waals surface area contributed by atoms with Crippen LogP contribution in [-0.2, 0) is 17.7 Å². The molecule has 0 bridgehead atoms. The van der Waals surface area contributed by atoms with Crippen LogP contribution >= 0.6 is 11.3 Å². The van der Waals surface area contributed by atoms with Crippen molar-refractivity contribution in [2.75, 3.05) is 36.5 Å². The first kappa shape index (κ1) is 22.9. The van der Waals surface area contributed by atoms with Gasteiger partial charge in [-0.3, -0.25) is 4.79 Å². The number of aryl methyl sites for hydroxylation is 1. The molecule has 6 rings (SSSR count). The molecular weight excluding hydrogens is 470 g/mol. The second-order valence-corrected chi connectivity index (χ2v) is 10.3. The highest BCUT2D eigenvalue weighted by molar-refractivity contribution is 7.18. The minimum atomic E-state index is -0.103. The molecule has 1 amide bonds. The molecule has 0 saturated carbocycles. The van der Waals surface area contributed by atoms with Crippen LogP contribution in [0, 0.1) is 0 Å². The predicted octanol–water partition coefficient (Wildman–Crippen LogP) is 5.49. The number of carbonyl (C=O) groups is 1. The third kappa shape index (κ3) is 4.66. The van der Waals surface area contributed by atoms with Gasteiger partial charge >= 0.3 is 0 Å². The van der Waals surface area contributed by atoms with E-state index in [-0.39, 0.29) is 5.91 Å². The summed E-state index contributed by atoms with van der Waals surface area (Å²) < 4.78 is 7.79. The lowest BCUT2D eigenvalue weighted by molar-refractivity contribution is 0.103. The number of anilines is 2. The molecular formula is C28H29N5O2S. The first-order valence-electron chi connectivity index (χ1n) is 12.6. The molecule has 2 aliphatic rings. The van der Waals surface area contributed by atoms with Gasteiger partial charge in [0.05, 0.1) is 23.1 Å². The number of ether oxygens (including phenoxy) is 1. The van der Waals surface area contributed by atoms with Crippen molar-refractivity contribution in [2.45, 2.75) is 32.2 Å². The number of benzene rings is 2. The fourth-order valence-corrected chi connectivity index (χ4v) is 6.07. The number of carbonyl (C=O) groups excluding carboxylic acids is 1. The standard InChI is InChI=1S/C28H29N5O2S/c34-27(24-19-23(20-8-3-1-4-9-20)28(36-24)32-14-16-35-17-15-32)29-22-11-7-10-21(18-22)26-31-30-25-12-5-2-6-13-33(25)26/h1,3-4,7-11,18-19H,2,5-6,12-17H2,(H,29,34). The minimum Gasteiger partial charge on any atom is -0.378 e. The summed E-state index contributed by atoms with van der Waals surface area (Å²) in [5, 5.41) is 13.1. The Bertz CT molecular complexity index is 1360. The summed E-state index contributed by atoms with van der Waals surface area (Å²) in [5.74, 6) is 1.83. The van der Waals surface area contributed by atoms with Crippen molar-refractivity contribution in [3.8, 4) is 22.5 Å². The number of fused-ring (bicyclic) bond motifs is 1. The molecule has 184 valence electrons. The third-order valence-electron chi connectivity index (χ3n) is 6.81. The van der Waals surface area contributed by atoms with Crippen LogP contribution in [0.1, 0.15) is 34.8 Å². The highest BCUT2D eigenvalue weighted by Crippen LogP contribution is 2.39. The van der Waals surface area contributed by atoms with Gasteiger partial charge in [-0.2, -0.15) is 0 Å². The number of morpholine rings is 1. The molecule has 0 aliphatic carbocycles. The topological polar surface area (TPSA) is 72.3 Å². The van der Waals surface area contributed by atoms with Gasteiger partial charge in [-0.1, -0.05) is 48.9 Å². The molecule has 0 unspecified atom stereocenters. The van der Waals surface area contributed by atoms with Crippen molar-refractivity contribution in [2.24, 2.45) is 0 Å². The molecule has 4 aromatic rings. The predicted molar refractivity (Wildman–Crippen MR) is 144 cm³/mol. The van der Waals surface area contributed by atoms with Gasteiger partial charge in [-0.05, 0) is 36.6 Å². The molecule has 1 fully saturated rings. The lowest BCUT2D eigenvalue weighted by Crippen LogP contribution is -2.35.